The number of hydrazone groups is 1. The Hall–Kier alpha value is -1.84. The normalized spacial score (nSPS) is 10.8. The molecule has 1 aromatic rings. The first-order valence-corrected chi connectivity index (χ1v) is 5.57. The van der Waals surface area contributed by atoms with Crippen LogP contribution in [0, 0.1) is 5.92 Å². The van der Waals surface area contributed by atoms with Gasteiger partial charge in [0.05, 0.1) is 13.3 Å². The molecule has 1 aromatic carbocycles. The third kappa shape index (κ3) is 5.15. The highest BCUT2D eigenvalue weighted by atomic mass is 16.5. The van der Waals surface area contributed by atoms with Crippen molar-refractivity contribution in [2.75, 3.05) is 7.11 Å². The highest BCUT2D eigenvalue weighted by Gasteiger charge is 2.02. The molecule has 0 atom stereocenters. The molecule has 0 spiro atoms. The van der Waals surface area contributed by atoms with Crippen molar-refractivity contribution in [3.05, 3.63) is 29.8 Å². The molecule has 0 unspecified atom stereocenters. The fourth-order valence-electron chi connectivity index (χ4n) is 1.32. The number of methoxy groups -OCH3 is 1. The van der Waals surface area contributed by atoms with Crippen molar-refractivity contribution in [1.29, 1.82) is 0 Å². The van der Waals surface area contributed by atoms with E-state index in [1.807, 2.05) is 38.1 Å². The maximum absolute atomic E-state index is 11.3. The summed E-state index contributed by atoms with van der Waals surface area (Å²) >= 11 is 0. The lowest BCUT2D eigenvalue weighted by Gasteiger charge is -2.02. The number of benzene rings is 1. The molecule has 0 aromatic heterocycles. The molecule has 0 fully saturated rings. The molecular formula is C13H18N2O2. The average molecular weight is 234 g/mol. The number of hydrogen-bond acceptors (Lipinski definition) is 3. The van der Waals surface area contributed by atoms with Crippen molar-refractivity contribution in [3.63, 3.8) is 0 Å². The Kier molecular flexibility index (Phi) is 5.20. The summed E-state index contributed by atoms with van der Waals surface area (Å²) in [5, 5.41) is 3.89. The van der Waals surface area contributed by atoms with Crippen molar-refractivity contribution in [2.45, 2.75) is 20.3 Å². The van der Waals surface area contributed by atoms with Crippen molar-refractivity contribution >= 4 is 12.1 Å². The number of carbonyl (C=O) groups is 1. The maximum Gasteiger partial charge on any atom is 0.240 e. The van der Waals surface area contributed by atoms with Gasteiger partial charge in [-0.15, -0.1) is 0 Å². The van der Waals surface area contributed by atoms with Crippen molar-refractivity contribution in [1.82, 2.24) is 5.43 Å². The summed E-state index contributed by atoms with van der Waals surface area (Å²) in [5.41, 5.74) is 3.37. The Morgan fingerprint density at radius 3 is 2.94 bits per heavy atom. The van der Waals surface area contributed by atoms with Crippen LogP contribution in [0.25, 0.3) is 0 Å². The third-order valence-electron chi connectivity index (χ3n) is 2.09. The van der Waals surface area contributed by atoms with Crippen LogP contribution in [0.2, 0.25) is 0 Å². The molecular weight excluding hydrogens is 216 g/mol. The summed E-state index contributed by atoms with van der Waals surface area (Å²) in [6.45, 7) is 3.98. The van der Waals surface area contributed by atoms with Gasteiger partial charge in [-0.2, -0.15) is 5.10 Å². The van der Waals surface area contributed by atoms with E-state index in [1.54, 1.807) is 13.3 Å². The van der Waals surface area contributed by atoms with E-state index in [0.29, 0.717) is 12.3 Å². The number of ether oxygens (including phenoxy) is 1. The SMILES string of the molecule is COc1cccc(/C=N\NC(=O)CC(C)C)c1. The molecule has 0 saturated carbocycles. The fraction of sp³-hybridized carbons (Fsp3) is 0.385. The van der Waals surface area contributed by atoms with Crippen LogP contribution in [0.5, 0.6) is 5.75 Å². The van der Waals surface area contributed by atoms with Crippen molar-refractivity contribution in [2.24, 2.45) is 11.0 Å². The maximum atomic E-state index is 11.3. The summed E-state index contributed by atoms with van der Waals surface area (Å²) in [5.74, 6) is 1.03. The molecule has 4 heteroatoms. The van der Waals surface area contributed by atoms with Gasteiger partial charge in [0, 0.05) is 6.42 Å². The minimum absolute atomic E-state index is 0.0702. The average Bonchev–Trinajstić information content (AvgIpc) is 2.28. The van der Waals surface area contributed by atoms with Crippen LogP contribution in [0.15, 0.2) is 29.4 Å². The van der Waals surface area contributed by atoms with Gasteiger partial charge in [0.1, 0.15) is 5.75 Å². The van der Waals surface area contributed by atoms with Gasteiger partial charge in [-0.3, -0.25) is 4.79 Å². The smallest absolute Gasteiger partial charge is 0.240 e. The molecule has 17 heavy (non-hydrogen) atoms. The van der Waals surface area contributed by atoms with Crippen LogP contribution >= 0.6 is 0 Å². The standard InChI is InChI=1S/C13H18N2O2/c1-10(2)7-13(16)15-14-9-11-5-4-6-12(8-11)17-3/h4-6,8-10H,7H2,1-3H3,(H,15,16)/b14-9-. The minimum atomic E-state index is -0.0702. The largest absolute Gasteiger partial charge is 0.497 e. The predicted octanol–water partition coefficient (Wildman–Crippen LogP) is 2.19. The van der Waals surface area contributed by atoms with Crippen LogP contribution < -0.4 is 10.2 Å². The summed E-state index contributed by atoms with van der Waals surface area (Å²) in [6.07, 6.45) is 2.08. The fourth-order valence-corrected chi connectivity index (χ4v) is 1.32. The Labute approximate surface area is 102 Å². The first-order valence-electron chi connectivity index (χ1n) is 5.57. The van der Waals surface area contributed by atoms with E-state index in [1.165, 1.54) is 0 Å². The highest BCUT2D eigenvalue weighted by Crippen LogP contribution is 2.10. The lowest BCUT2D eigenvalue weighted by molar-refractivity contribution is -0.121. The third-order valence-corrected chi connectivity index (χ3v) is 2.09. The van der Waals surface area contributed by atoms with Gasteiger partial charge in [-0.25, -0.2) is 5.43 Å². The van der Waals surface area contributed by atoms with Gasteiger partial charge in [0.15, 0.2) is 0 Å². The molecule has 4 nitrogen and oxygen atoms in total. The second kappa shape index (κ2) is 6.68. The molecule has 1 amide bonds. The van der Waals surface area contributed by atoms with E-state index in [4.69, 9.17) is 4.74 Å². The summed E-state index contributed by atoms with van der Waals surface area (Å²) in [6, 6.07) is 7.46. The topological polar surface area (TPSA) is 50.7 Å². The van der Waals surface area contributed by atoms with Gasteiger partial charge >= 0.3 is 0 Å². The lowest BCUT2D eigenvalue weighted by Crippen LogP contribution is -2.19. The molecule has 0 saturated heterocycles. The van der Waals surface area contributed by atoms with Crippen LogP contribution in [-0.4, -0.2) is 19.2 Å². The molecule has 0 radical (unpaired) electrons. The van der Waals surface area contributed by atoms with Crippen molar-refractivity contribution in [3.8, 4) is 5.75 Å². The lowest BCUT2D eigenvalue weighted by atomic mass is 10.1. The first-order chi connectivity index (χ1) is 8.11. The second-order valence-electron chi connectivity index (χ2n) is 4.17. The molecule has 1 rings (SSSR count). The molecule has 0 aliphatic heterocycles. The molecule has 92 valence electrons. The van der Waals surface area contributed by atoms with Gasteiger partial charge in [0.2, 0.25) is 5.91 Å². The van der Waals surface area contributed by atoms with E-state index in [-0.39, 0.29) is 5.91 Å². The molecule has 0 bridgehead atoms. The molecule has 0 aliphatic rings. The number of nitrogens with zero attached hydrogens (tertiary/aromatic N) is 1. The van der Waals surface area contributed by atoms with Crippen LogP contribution in [-0.2, 0) is 4.79 Å². The van der Waals surface area contributed by atoms with E-state index in [2.05, 4.69) is 10.5 Å². The summed E-state index contributed by atoms with van der Waals surface area (Å²) < 4.78 is 5.09. The first kappa shape index (κ1) is 13.2. The Morgan fingerprint density at radius 2 is 2.29 bits per heavy atom. The van der Waals surface area contributed by atoms with E-state index in [0.717, 1.165) is 11.3 Å². The van der Waals surface area contributed by atoms with E-state index in [9.17, 15) is 4.79 Å². The number of carbonyl (C=O) groups excluding carboxylic acids is 1. The Bertz CT molecular complexity index is 400. The zero-order valence-electron chi connectivity index (χ0n) is 10.4. The number of nitrogens with one attached hydrogen (secondary N) is 1. The van der Waals surface area contributed by atoms with Gasteiger partial charge in [0.25, 0.3) is 0 Å². The summed E-state index contributed by atoms with van der Waals surface area (Å²) in [4.78, 5) is 11.3. The Balaban J connectivity index is 2.50. The molecule has 1 N–H and O–H groups in total. The van der Waals surface area contributed by atoms with E-state index >= 15 is 0 Å². The summed E-state index contributed by atoms with van der Waals surface area (Å²) in [7, 11) is 1.61. The van der Waals surface area contributed by atoms with Crippen LogP contribution in [0.1, 0.15) is 25.8 Å². The molecule has 0 aliphatic carbocycles. The highest BCUT2D eigenvalue weighted by molar-refractivity contribution is 5.82. The number of hydrogen-bond donors (Lipinski definition) is 1. The zero-order valence-corrected chi connectivity index (χ0v) is 10.4. The second-order valence-corrected chi connectivity index (χ2v) is 4.17. The Morgan fingerprint density at radius 1 is 1.53 bits per heavy atom. The van der Waals surface area contributed by atoms with Gasteiger partial charge < -0.3 is 4.74 Å². The number of amides is 1. The van der Waals surface area contributed by atoms with Crippen LogP contribution in [0.4, 0.5) is 0 Å². The predicted molar refractivity (Wildman–Crippen MR) is 68.2 cm³/mol. The van der Waals surface area contributed by atoms with E-state index < -0.39 is 0 Å². The van der Waals surface area contributed by atoms with Crippen molar-refractivity contribution < 1.29 is 9.53 Å². The van der Waals surface area contributed by atoms with Crippen LogP contribution in [0.3, 0.4) is 0 Å². The monoisotopic (exact) mass is 234 g/mol. The zero-order chi connectivity index (χ0) is 12.7. The minimum Gasteiger partial charge on any atom is -0.497 e. The molecule has 0 heterocycles. The van der Waals surface area contributed by atoms with Gasteiger partial charge in [-0.05, 0) is 23.6 Å². The quantitative estimate of drug-likeness (QED) is 0.627. The number of rotatable bonds is 5. The van der Waals surface area contributed by atoms with Gasteiger partial charge in [-0.1, -0.05) is 26.0 Å².